The van der Waals surface area contributed by atoms with Gasteiger partial charge in [0.25, 0.3) is 0 Å². The van der Waals surface area contributed by atoms with Crippen molar-refractivity contribution in [1.29, 1.82) is 0 Å². The van der Waals surface area contributed by atoms with Crippen LogP contribution in [0.3, 0.4) is 0 Å². The molecule has 0 amide bonds. The molecule has 1 heteroatoms. The summed E-state index contributed by atoms with van der Waals surface area (Å²) in [5.41, 5.74) is 1.05. The zero-order valence-corrected chi connectivity index (χ0v) is 12.7. The van der Waals surface area contributed by atoms with E-state index < -0.39 is 0 Å². The Morgan fingerprint density at radius 2 is 1.29 bits per heavy atom. The van der Waals surface area contributed by atoms with Crippen LogP contribution in [-0.4, -0.2) is 0 Å². The number of allylic oxidation sites excluding steroid dienone is 2. The first kappa shape index (κ1) is 18.1. The van der Waals surface area contributed by atoms with Crippen LogP contribution in [0.4, 0.5) is 0 Å². The topological polar surface area (TPSA) is 0 Å². The quantitative estimate of drug-likeness (QED) is 0.543. The van der Waals surface area contributed by atoms with Gasteiger partial charge >= 0.3 is 17.1 Å². The number of hydrogen-bond acceptors (Lipinski definition) is 0. The standard InChI is InChI=1S/C15H11.C5H5.Fe/c1-2-8-14(9-3-1)10-4-5-11-15-12-6-7-13-15;1-2-4-5-3-1;/h1-3,5-9,11-13H;1-5H;/q;;+2/b11-5+;;. The summed E-state index contributed by atoms with van der Waals surface area (Å²) < 4.78 is 0. The zero-order valence-electron chi connectivity index (χ0n) is 11.6. The molecule has 0 bridgehead atoms. The molecule has 3 rings (SSSR count). The number of benzene rings is 1. The van der Waals surface area contributed by atoms with E-state index in [9.17, 15) is 0 Å². The summed E-state index contributed by atoms with van der Waals surface area (Å²) in [4.78, 5) is 0. The number of hydrogen-bond donors (Lipinski definition) is 0. The molecule has 0 saturated heterocycles. The molecule has 2 fully saturated rings. The van der Waals surface area contributed by atoms with Gasteiger partial charge in [0.05, 0.1) is 0 Å². The Labute approximate surface area is 140 Å². The molecule has 0 N–H and O–H groups in total. The van der Waals surface area contributed by atoms with Crippen molar-refractivity contribution >= 4 is 0 Å². The van der Waals surface area contributed by atoms with E-state index in [0.29, 0.717) is 0 Å². The second-order valence-corrected chi connectivity index (χ2v) is 4.15. The second kappa shape index (κ2) is 11.7. The number of rotatable bonds is 1. The van der Waals surface area contributed by atoms with Crippen LogP contribution in [0.25, 0.3) is 0 Å². The molecule has 0 nitrogen and oxygen atoms in total. The maximum Gasteiger partial charge on any atom is 2.00 e. The molecule has 2 aliphatic carbocycles. The molecule has 2 aliphatic rings. The summed E-state index contributed by atoms with van der Waals surface area (Å²) in [6.07, 6.45) is 22.0. The van der Waals surface area contributed by atoms with Gasteiger partial charge in [-0.15, -0.1) is 0 Å². The van der Waals surface area contributed by atoms with E-state index in [0.717, 1.165) is 5.56 Å². The third kappa shape index (κ3) is 8.15. The van der Waals surface area contributed by atoms with Crippen LogP contribution in [0.2, 0.25) is 0 Å². The summed E-state index contributed by atoms with van der Waals surface area (Å²) >= 11 is 0. The van der Waals surface area contributed by atoms with Gasteiger partial charge in [0.1, 0.15) is 0 Å². The van der Waals surface area contributed by atoms with Crippen LogP contribution in [0.5, 0.6) is 0 Å². The Balaban J connectivity index is 0.000000313. The molecule has 10 radical (unpaired) electrons. The molecule has 1 aromatic carbocycles. The molecule has 2 saturated carbocycles. The van der Waals surface area contributed by atoms with Crippen LogP contribution in [-0.2, 0) is 17.1 Å². The minimum absolute atomic E-state index is 0. The van der Waals surface area contributed by atoms with E-state index in [1.54, 1.807) is 0 Å². The molecule has 1 aromatic rings. The summed E-state index contributed by atoms with van der Waals surface area (Å²) in [6, 6.07) is 9.98. The molecule has 0 spiro atoms. The Bertz CT molecular complexity index is 432. The fourth-order valence-electron chi connectivity index (χ4n) is 1.61. The van der Waals surface area contributed by atoms with Crippen LogP contribution in [0, 0.1) is 75.5 Å². The van der Waals surface area contributed by atoms with Crippen molar-refractivity contribution in [3.8, 4) is 11.8 Å². The van der Waals surface area contributed by atoms with Crippen molar-refractivity contribution in [2.75, 3.05) is 0 Å². The van der Waals surface area contributed by atoms with Gasteiger partial charge in [0, 0.05) is 11.5 Å². The van der Waals surface area contributed by atoms with E-state index >= 15 is 0 Å². The summed E-state index contributed by atoms with van der Waals surface area (Å²) in [6.45, 7) is 0. The Morgan fingerprint density at radius 3 is 1.86 bits per heavy atom. The van der Waals surface area contributed by atoms with E-state index in [4.69, 9.17) is 0 Å². The van der Waals surface area contributed by atoms with Crippen LogP contribution in [0.15, 0.2) is 42.5 Å². The molecule has 0 heterocycles. The summed E-state index contributed by atoms with van der Waals surface area (Å²) in [5, 5.41) is 0. The van der Waals surface area contributed by atoms with Gasteiger partial charge < -0.3 is 0 Å². The largest absolute Gasteiger partial charge is 2.00 e. The smallest absolute Gasteiger partial charge is 0.0699 e. The first-order chi connectivity index (χ1) is 9.95. The fraction of sp³-hybridized carbons (Fsp3) is 0. The Kier molecular flexibility index (Phi) is 10.1. The SMILES string of the molecule is C(#Cc1ccccc1)/C=C/[C]1[CH][CH][CH][CH]1.[CH]1[CH][CH][CH][CH]1.[Fe+2]. The monoisotopic (exact) mass is 312 g/mol. The van der Waals surface area contributed by atoms with E-state index in [1.807, 2.05) is 87.4 Å². The van der Waals surface area contributed by atoms with Gasteiger partial charge in [-0.1, -0.05) is 36.1 Å². The molecule has 21 heavy (non-hydrogen) atoms. The van der Waals surface area contributed by atoms with Gasteiger partial charge in [-0.2, -0.15) is 0 Å². The average Bonchev–Trinajstić information content (AvgIpc) is 3.20. The first-order valence-corrected chi connectivity index (χ1v) is 6.57. The van der Waals surface area contributed by atoms with Gasteiger partial charge in [-0.05, 0) is 76.0 Å². The summed E-state index contributed by atoms with van der Waals surface area (Å²) in [7, 11) is 0. The van der Waals surface area contributed by atoms with Gasteiger partial charge in [-0.25, -0.2) is 0 Å². The van der Waals surface area contributed by atoms with Crippen LogP contribution >= 0.6 is 0 Å². The normalized spacial score (nSPS) is 17.5. The molecule has 102 valence electrons. The van der Waals surface area contributed by atoms with Gasteiger partial charge in [-0.3, -0.25) is 0 Å². The fourth-order valence-corrected chi connectivity index (χ4v) is 1.61. The molecule has 0 aromatic heterocycles. The minimum atomic E-state index is 0. The van der Waals surface area contributed by atoms with Crippen molar-refractivity contribution in [2.24, 2.45) is 0 Å². The van der Waals surface area contributed by atoms with Crippen molar-refractivity contribution < 1.29 is 17.1 Å². The van der Waals surface area contributed by atoms with Crippen molar-refractivity contribution in [2.45, 2.75) is 0 Å². The minimum Gasteiger partial charge on any atom is -0.0699 e. The second-order valence-electron chi connectivity index (χ2n) is 4.15. The van der Waals surface area contributed by atoms with Gasteiger partial charge in [0.2, 0.25) is 0 Å². The van der Waals surface area contributed by atoms with Crippen LogP contribution in [0.1, 0.15) is 5.56 Å². The maximum atomic E-state index is 3.07. The predicted octanol–water partition coefficient (Wildman–Crippen LogP) is 4.02. The van der Waals surface area contributed by atoms with E-state index in [-0.39, 0.29) is 17.1 Å². The molecular weight excluding hydrogens is 296 g/mol. The predicted molar refractivity (Wildman–Crippen MR) is 84.4 cm³/mol. The summed E-state index contributed by atoms with van der Waals surface area (Å²) in [5.74, 6) is 7.27. The van der Waals surface area contributed by atoms with Crippen LogP contribution < -0.4 is 0 Å². The van der Waals surface area contributed by atoms with E-state index in [1.165, 1.54) is 5.92 Å². The van der Waals surface area contributed by atoms with E-state index in [2.05, 4.69) is 24.7 Å². The van der Waals surface area contributed by atoms with Crippen molar-refractivity contribution in [1.82, 2.24) is 0 Å². The molecular formula is C20H16Fe+2. The average molecular weight is 312 g/mol. The molecule has 0 atom stereocenters. The third-order valence-electron chi connectivity index (χ3n) is 2.59. The van der Waals surface area contributed by atoms with Gasteiger partial charge in [0.15, 0.2) is 0 Å². The Morgan fingerprint density at radius 1 is 0.714 bits per heavy atom. The molecule has 0 aliphatic heterocycles. The first-order valence-electron chi connectivity index (χ1n) is 6.57. The van der Waals surface area contributed by atoms with Crippen molar-refractivity contribution in [3.05, 3.63) is 112 Å². The zero-order chi connectivity index (χ0) is 13.9. The molecule has 0 unspecified atom stereocenters. The Hall–Kier alpha value is -0.961. The third-order valence-corrected chi connectivity index (χ3v) is 2.59. The van der Waals surface area contributed by atoms with Crippen molar-refractivity contribution in [3.63, 3.8) is 0 Å². The maximum absolute atomic E-state index is 3.07.